The van der Waals surface area contributed by atoms with Crippen LogP contribution in [0.4, 0.5) is 5.69 Å². The van der Waals surface area contributed by atoms with Gasteiger partial charge in [-0.15, -0.1) is 11.8 Å². The normalized spacial score (nSPS) is 14.7. The number of amides is 1. The number of carbonyl (C=O) groups is 1. The fourth-order valence-corrected chi connectivity index (χ4v) is 4.12. The summed E-state index contributed by atoms with van der Waals surface area (Å²) in [4.78, 5) is 17.5. The van der Waals surface area contributed by atoms with Crippen LogP contribution in [0.15, 0.2) is 35.4 Å². The molecule has 9 heteroatoms. The predicted molar refractivity (Wildman–Crippen MR) is 113 cm³/mol. The third-order valence-corrected chi connectivity index (χ3v) is 5.88. The van der Waals surface area contributed by atoms with Crippen LogP contribution >= 0.6 is 11.8 Å². The molecule has 1 aromatic heterocycles. The number of carbonyl (C=O) groups excluding carboxylic acids is 1. The lowest BCUT2D eigenvalue weighted by Crippen LogP contribution is -2.28. The molecule has 1 heterocycles. The summed E-state index contributed by atoms with van der Waals surface area (Å²) >= 11 is 1.35. The molecule has 1 unspecified atom stereocenters. The highest BCUT2D eigenvalue weighted by Crippen LogP contribution is 2.40. The molecule has 1 aliphatic rings. The monoisotopic (exact) mass is 430 g/mol. The molecule has 3 rings (SSSR count). The summed E-state index contributed by atoms with van der Waals surface area (Å²) in [6, 6.07) is 10.3. The Morgan fingerprint density at radius 1 is 1.34 bits per heavy atom. The lowest BCUT2D eigenvalue weighted by molar-refractivity contribution is 0.0939. The summed E-state index contributed by atoms with van der Waals surface area (Å²) in [5.41, 5.74) is 2.62. The van der Waals surface area contributed by atoms with Crippen LogP contribution in [-0.2, 0) is 10.0 Å². The molecule has 0 spiro atoms. The fraction of sp³-hybridized carbons (Fsp3) is 0.350. The van der Waals surface area contributed by atoms with Gasteiger partial charge in [0.2, 0.25) is 10.0 Å². The number of pyridine rings is 1. The number of hydrogen-bond acceptors (Lipinski definition) is 6. The van der Waals surface area contributed by atoms with E-state index in [1.165, 1.54) is 11.8 Å². The molecular formula is C20H22N4O3S2. The van der Waals surface area contributed by atoms with Crippen molar-refractivity contribution in [2.75, 3.05) is 17.2 Å². The molecule has 0 radical (unpaired) electrons. The Morgan fingerprint density at radius 3 is 2.66 bits per heavy atom. The van der Waals surface area contributed by atoms with Crippen LogP contribution in [0, 0.1) is 11.3 Å². The minimum atomic E-state index is -3.39. The third kappa shape index (κ3) is 5.28. The van der Waals surface area contributed by atoms with Gasteiger partial charge in [0.15, 0.2) is 0 Å². The van der Waals surface area contributed by atoms with Crippen LogP contribution in [0.25, 0.3) is 0 Å². The van der Waals surface area contributed by atoms with Gasteiger partial charge in [0.25, 0.3) is 5.91 Å². The van der Waals surface area contributed by atoms with Crippen molar-refractivity contribution in [3.63, 3.8) is 0 Å². The average Bonchev–Trinajstić information content (AvgIpc) is 3.50. The van der Waals surface area contributed by atoms with Gasteiger partial charge in [-0.3, -0.25) is 9.52 Å². The number of aromatic nitrogens is 1. The average molecular weight is 431 g/mol. The molecule has 1 aromatic carbocycles. The van der Waals surface area contributed by atoms with E-state index in [4.69, 9.17) is 0 Å². The van der Waals surface area contributed by atoms with Crippen molar-refractivity contribution in [1.82, 2.24) is 10.3 Å². The van der Waals surface area contributed by atoms with Crippen molar-refractivity contribution >= 4 is 33.4 Å². The second kappa shape index (κ2) is 8.43. The predicted octanol–water partition coefficient (Wildman–Crippen LogP) is 3.42. The number of benzene rings is 1. The Labute approximate surface area is 175 Å². The highest BCUT2D eigenvalue weighted by atomic mass is 32.2. The quantitative estimate of drug-likeness (QED) is 0.651. The molecule has 7 nitrogen and oxygen atoms in total. The zero-order valence-corrected chi connectivity index (χ0v) is 18.0. The van der Waals surface area contributed by atoms with E-state index in [1.807, 2.05) is 13.2 Å². The molecule has 1 saturated carbocycles. The summed E-state index contributed by atoms with van der Waals surface area (Å²) in [7, 11) is -3.39. The van der Waals surface area contributed by atoms with Crippen molar-refractivity contribution in [2.24, 2.45) is 0 Å². The van der Waals surface area contributed by atoms with E-state index >= 15 is 0 Å². The maximum Gasteiger partial charge on any atom is 0.253 e. The smallest absolute Gasteiger partial charge is 0.253 e. The molecule has 1 fully saturated rings. The lowest BCUT2D eigenvalue weighted by atomic mass is 10.0. The zero-order chi connectivity index (χ0) is 21.2. The van der Waals surface area contributed by atoms with E-state index in [-0.39, 0.29) is 17.5 Å². The largest absolute Gasteiger partial charge is 0.345 e. The van der Waals surface area contributed by atoms with E-state index in [9.17, 15) is 18.5 Å². The molecule has 0 bridgehead atoms. The number of anilines is 1. The fourth-order valence-electron chi connectivity index (χ4n) is 3.01. The molecular weight excluding hydrogens is 408 g/mol. The Morgan fingerprint density at radius 2 is 2.07 bits per heavy atom. The lowest BCUT2D eigenvalue weighted by Gasteiger charge is -2.17. The molecule has 152 valence electrons. The molecule has 0 aliphatic heterocycles. The number of nitrogens with one attached hydrogen (secondary N) is 2. The van der Waals surface area contributed by atoms with Gasteiger partial charge in [0.05, 0.1) is 23.4 Å². The van der Waals surface area contributed by atoms with Crippen LogP contribution in [0.1, 0.15) is 58.9 Å². The Bertz CT molecular complexity index is 1090. The van der Waals surface area contributed by atoms with E-state index < -0.39 is 10.0 Å². The number of rotatable bonds is 7. The van der Waals surface area contributed by atoms with Gasteiger partial charge in [0.1, 0.15) is 11.1 Å². The Kier molecular flexibility index (Phi) is 6.15. The molecule has 1 atom stereocenters. The van der Waals surface area contributed by atoms with Crippen molar-refractivity contribution in [3.8, 4) is 6.07 Å². The van der Waals surface area contributed by atoms with Gasteiger partial charge in [0, 0.05) is 17.3 Å². The van der Waals surface area contributed by atoms with Gasteiger partial charge < -0.3 is 5.32 Å². The summed E-state index contributed by atoms with van der Waals surface area (Å²) in [6.45, 7) is 1.81. The number of hydrogen-bond donors (Lipinski definition) is 2. The summed E-state index contributed by atoms with van der Waals surface area (Å²) in [6.07, 6.45) is 5.01. The molecule has 2 aromatic rings. The third-order valence-electron chi connectivity index (χ3n) is 4.59. The molecule has 1 amide bonds. The van der Waals surface area contributed by atoms with E-state index in [2.05, 4.69) is 21.1 Å². The van der Waals surface area contributed by atoms with Gasteiger partial charge in [-0.05, 0) is 49.8 Å². The Balaban J connectivity index is 1.86. The van der Waals surface area contributed by atoms with Gasteiger partial charge in [-0.1, -0.05) is 12.1 Å². The number of nitriles is 1. The van der Waals surface area contributed by atoms with Crippen LogP contribution < -0.4 is 10.0 Å². The SMILES string of the molecule is CSc1nc(C2CC2)cc(C(=O)NC(C)c2cccc(NS(C)(=O)=O)c2)c1C#N. The molecule has 0 saturated heterocycles. The first-order valence-corrected chi connectivity index (χ1v) is 12.2. The van der Waals surface area contributed by atoms with E-state index in [0.717, 1.165) is 30.4 Å². The molecule has 2 N–H and O–H groups in total. The summed E-state index contributed by atoms with van der Waals surface area (Å²) < 4.78 is 25.3. The number of nitrogens with zero attached hydrogens (tertiary/aromatic N) is 2. The number of sulfonamides is 1. The van der Waals surface area contributed by atoms with Crippen LogP contribution in [0.5, 0.6) is 0 Å². The summed E-state index contributed by atoms with van der Waals surface area (Å²) in [5, 5.41) is 13.0. The van der Waals surface area contributed by atoms with Crippen molar-refractivity contribution in [3.05, 3.63) is 52.7 Å². The second-order valence-electron chi connectivity index (χ2n) is 7.06. The summed E-state index contributed by atoms with van der Waals surface area (Å²) in [5.74, 6) is 0.00601. The van der Waals surface area contributed by atoms with Crippen molar-refractivity contribution in [2.45, 2.75) is 36.8 Å². The molecule has 1 aliphatic carbocycles. The van der Waals surface area contributed by atoms with Gasteiger partial charge in [-0.25, -0.2) is 13.4 Å². The molecule has 29 heavy (non-hydrogen) atoms. The Hall–Kier alpha value is -2.57. The first-order valence-electron chi connectivity index (χ1n) is 9.09. The highest BCUT2D eigenvalue weighted by Gasteiger charge is 2.28. The topological polar surface area (TPSA) is 112 Å². The second-order valence-corrected chi connectivity index (χ2v) is 9.60. The van der Waals surface area contributed by atoms with E-state index in [1.54, 1.807) is 30.3 Å². The maximum atomic E-state index is 13.0. The van der Waals surface area contributed by atoms with Crippen molar-refractivity contribution < 1.29 is 13.2 Å². The first kappa shape index (κ1) is 21.1. The van der Waals surface area contributed by atoms with Crippen LogP contribution in [0.2, 0.25) is 0 Å². The van der Waals surface area contributed by atoms with Crippen LogP contribution in [-0.4, -0.2) is 31.8 Å². The first-order chi connectivity index (χ1) is 13.7. The van der Waals surface area contributed by atoms with E-state index in [0.29, 0.717) is 22.2 Å². The zero-order valence-electron chi connectivity index (χ0n) is 16.4. The van der Waals surface area contributed by atoms with Crippen LogP contribution in [0.3, 0.4) is 0 Å². The minimum Gasteiger partial charge on any atom is -0.345 e. The van der Waals surface area contributed by atoms with Crippen molar-refractivity contribution in [1.29, 1.82) is 5.26 Å². The van der Waals surface area contributed by atoms with Gasteiger partial charge >= 0.3 is 0 Å². The standard InChI is InChI=1S/C20H22N4O3S2/c1-12(14-5-4-6-15(9-14)24-29(3,26)27)22-19(25)16-10-18(13-7-8-13)23-20(28-2)17(16)11-21/h4-6,9-10,12-13,24H,7-8H2,1-3H3,(H,22,25). The maximum absolute atomic E-state index is 13.0. The van der Waals surface area contributed by atoms with Gasteiger partial charge in [-0.2, -0.15) is 5.26 Å². The number of thioether (sulfide) groups is 1. The minimum absolute atomic E-state index is 0.277. The highest BCUT2D eigenvalue weighted by molar-refractivity contribution is 7.98.